The number of carbonyl (C=O) groups is 3. The predicted molar refractivity (Wildman–Crippen MR) is 307 cm³/mol. The summed E-state index contributed by atoms with van der Waals surface area (Å²) in [5, 5.41) is 0. The highest BCUT2D eigenvalue weighted by Gasteiger charge is 2.19. The first-order valence-corrected chi connectivity index (χ1v) is 31.8. The number of ether oxygens (including phenoxy) is 3. The number of hydrogen-bond acceptors (Lipinski definition) is 6. The summed E-state index contributed by atoms with van der Waals surface area (Å²) < 4.78 is 16.9. The largest absolute Gasteiger partial charge is 0.462 e. The Morgan fingerprint density at radius 3 is 0.761 bits per heavy atom. The van der Waals surface area contributed by atoms with Crippen molar-refractivity contribution in [1.29, 1.82) is 0 Å². The summed E-state index contributed by atoms with van der Waals surface area (Å²) in [7, 11) is 0. The summed E-state index contributed by atoms with van der Waals surface area (Å²) in [4.78, 5) is 38.1. The Hall–Kier alpha value is -2.11. The molecule has 1 unspecified atom stereocenters. The van der Waals surface area contributed by atoms with E-state index in [9.17, 15) is 14.4 Å². The number of carbonyl (C=O) groups excluding carboxylic acids is 3. The van der Waals surface area contributed by atoms with Gasteiger partial charge in [0.15, 0.2) is 6.10 Å². The summed E-state index contributed by atoms with van der Waals surface area (Å²) >= 11 is 0. The van der Waals surface area contributed by atoms with Crippen LogP contribution < -0.4 is 0 Å². The van der Waals surface area contributed by atoms with Crippen LogP contribution in [-0.4, -0.2) is 37.2 Å². The van der Waals surface area contributed by atoms with Gasteiger partial charge < -0.3 is 14.2 Å². The zero-order valence-electron chi connectivity index (χ0n) is 48.0. The van der Waals surface area contributed by atoms with Gasteiger partial charge in [-0.2, -0.15) is 0 Å². The zero-order valence-corrected chi connectivity index (χ0v) is 48.0. The normalized spacial score (nSPS) is 12.1. The topological polar surface area (TPSA) is 78.9 Å². The Balaban J connectivity index is 4.13. The number of allylic oxidation sites excluding steroid dienone is 4. The SMILES string of the molecule is CCC/C=C\CCCCCCCC(=O)OCC(COC(=O)CCCCCCCCCCCCCCCCC/C=C\CCCCCCCCCC)OC(=O)CCCCCCCCCCCCCCCCCC. The van der Waals surface area contributed by atoms with Crippen molar-refractivity contribution in [3.63, 3.8) is 0 Å². The monoisotopic (exact) mass is 999 g/mol. The summed E-state index contributed by atoms with van der Waals surface area (Å²) in [6.45, 7) is 6.63. The zero-order chi connectivity index (χ0) is 51.4. The van der Waals surface area contributed by atoms with E-state index >= 15 is 0 Å². The van der Waals surface area contributed by atoms with E-state index in [1.807, 2.05) is 0 Å². The Morgan fingerprint density at radius 1 is 0.268 bits per heavy atom. The van der Waals surface area contributed by atoms with Crippen LogP contribution in [0.25, 0.3) is 0 Å². The van der Waals surface area contributed by atoms with Gasteiger partial charge in [-0.15, -0.1) is 0 Å². The third-order valence-corrected chi connectivity index (χ3v) is 14.4. The third kappa shape index (κ3) is 58.7. The van der Waals surface area contributed by atoms with Crippen molar-refractivity contribution in [1.82, 2.24) is 0 Å². The maximum Gasteiger partial charge on any atom is 0.306 e. The Morgan fingerprint density at radius 2 is 0.493 bits per heavy atom. The van der Waals surface area contributed by atoms with Crippen molar-refractivity contribution < 1.29 is 28.6 Å². The molecule has 71 heavy (non-hydrogen) atoms. The molecule has 1 atom stereocenters. The second-order valence-electron chi connectivity index (χ2n) is 21.7. The molecular formula is C65H122O6. The molecule has 0 aliphatic rings. The lowest BCUT2D eigenvalue weighted by molar-refractivity contribution is -0.167. The van der Waals surface area contributed by atoms with Gasteiger partial charge in [0, 0.05) is 19.3 Å². The average molecular weight is 1000 g/mol. The summed E-state index contributed by atoms with van der Waals surface area (Å²) in [5.74, 6) is -0.856. The van der Waals surface area contributed by atoms with Crippen molar-refractivity contribution >= 4 is 17.9 Å². The molecule has 0 aliphatic heterocycles. The van der Waals surface area contributed by atoms with Crippen LogP contribution in [0.2, 0.25) is 0 Å². The van der Waals surface area contributed by atoms with Crippen molar-refractivity contribution in [2.75, 3.05) is 13.2 Å². The minimum Gasteiger partial charge on any atom is -0.462 e. The van der Waals surface area contributed by atoms with Crippen LogP contribution in [0.3, 0.4) is 0 Å². The molecule has 0 aliphatic carbocycles. The molecule has 6 heteroatoms. The van der Waals surface area contributed by atoms with Crippen molar-refractivity contribution in [3.8, 4) is 0 Å². The van der Waals surface area contributed by atoms with E-state index < -0.39 is 6.10 Å². The summed E-state index contributed by atoms with van der Waals surface area (Å²) in [6.07, 6.45) is 72.0. The van der Waals surface area contributed by atoms with Gasteiger partial charge in [0.1, 0.15) is 13.2 Å². The minimum absolute atomic E-state index is 0.0686. The molecule has 0 aromatic carbocycles. The molecule has 6 nitrogen and oxygen atoms in total. The first-order chi connectivity index (χ1) is 35.0. The van der Waals surface area contributed by atoms with Gasteiger partial charge in [0.25, 0.3) is 0 Å². The fourth-order valence-corrected chi connectivity index (χ4v) is 9.62. The van der Waals surface area contributed by atoms with E-state index in [0.29, 0.717) is 19.3 Å². The van der Waals surface area contributed by atoms with Crippen LogP contribution >= 0.6 is 0 Å². The van der Waals surface area contributed by atoms with Gasteiger partial charge in [-0.3, -0.25) is 14.4 Å². The number of hydrogen-bond donors (Lipinski definition) is 0. The van der Waals surface area contributed by atoms with Gasteiger partial charge in [0.2, 0.25) is 0 Å². The maximum absolute atomic E-state index is 12.9. The van der Waals surface area contributed by atoms with Crippen molar-refractivity contribution in [2.24, 2.45) is 0 Å². The Bertz CT molecular complexity index is 1150. The van der Waals surface area contributed by atoms with E-state index in [0.717, 1.165) is 70.6 Å². The minimum atomic E-state index is -0.770. The molecule has 0 bridgehead atoms. The predicted octanol–water partition coefficient (Wildman–Crippen LogP) is 21.4. The molecule has 0 aromatic rings. The first kappa shape index (κ1) is 68.9. The molecule has 0 radical (unpaired) electrons. The number of rotatable bonds is 59. The van der Waals surface area contributed by atoms with Crippen LogP contribution in [0.15, 0.2) is 24.3 Å². The summed E-state index contributed by atoms with van der Waals surface area (Å²) in [5.41, 5.74) is 0. The van der Waals surface area contributed by atoms with E-state index in [-0.39, 0.29) is 31.1 Å². The fraction of sp³-hybridized carbons (Fsp3) is 0.892. The van der Waals surface area contributed by atoms with E-state index in [1.165, 1.54) is 244 Å². The highest BCUT2D eigenvalue weighted by Crippen LogP contribution is 2.18. The molecule has 418 valence electrons. The quantitative estimate of drug-likeness (QED) is 0.0261. The number of esters is 3. The van der Waals surface area contributed by atoms with Crippen LogP contribution in [0.4, 0.5) is 0 Å². The van der Waals surface area contributed by atoms with Gasteiger partial charge in [0.05, 0.1) is 0 Å². The van der Waals surface area contributed by atoms with Crippen LogP contribution in [0.1, 0.15) is 355 Å². The molecule has 0 heterocycles. The lowest BCUT2D eigenvalue weighted by Crippen LogP contribution is -2.30. The molecule has 0 saturated heterocycles. The smallest absolute Gasteiger partial charge is 0.306 e. The molecule has 0 saturated carbocycles. The Kier molecular flexibility index (Phi) is 58.6. The van der Waals surface area contributed by atoms with Crippen molar-refractivity contribution in [2.45, 2.75) is 361 Å². The van der Waals surface area contributed by atoms with Crippen LogP contribution in [0, 0.1) is 0 Å². The number of unbranched alkanes of at least 4 members (excludes halogenated alkanes) is 44. The molecular weight excluding hydrogens is 877 g/mol. The average Bonchev–Trinajstić information content (AvgIpc) is 3.37. The molecule has 0 N–H and O–H groups in total. The Labute approximate surface area is 443 Å². The lowest BCUT2D eigenvalue weighted by atomic mass is 10.0. The molecule has 0 fully saturated rings. The van der Waals surface area contributed by atoms with Gasteiger partial charge in [-0.25, -0.2) is 0 Å². The van der Waals surface area contributed by atoms with Crippen molar-refractivity contribution in [3.05, 3.63) is 24.3 Å². The lowest BCUT2D eigenvalue weighted by Gasteiger charge is -2.18. The molecule has 0 amide bonds. The third-order valence-electron chi connectivity index (χ3n) is 14.4. The van der Waals surface area contributed by atoms with Gasteiger partial charge in [-0.1, -0.05) is 295 Å². The molecule has 0 aromatic heterocycles. The molecule has 0 spiro atoms. The van der Waals surface area contributed by atoms with Crippen LogP contribution in [-0.2, 0) is 28.6 Å². The fourth-order valence-electron chi connectivity index (χ4n) is 9.62. The summed E-state index contributed by atoms with van der Waals surface area (Å²) in [6, 6.07) is 0. The maximum atomic E-state index is 12.9. The van der Waals surface area contributed by atoms with E-state index in [2.05, 4.69) is 45.1 Å². The van der Waals surface area contributed by atoms with E-state index in [4.69, 9.17) is 14.2 Å². The highest BCUT2D eigenvalue weighted by atomic mass is 16.6. The van der Waals surface area contributed by atoms with Gasteiger partial charge >= 0.3 is 17.9 Å². The van der Waals surface area contributed by atoms with E-state index in [1.54, 1.807) is 0 Å². The second-order valence-corrected chi connectivity index (χ2v) is 21.7. The molecule has 0 rings (SSSR count). The van der Waals surface area contributed by atoms with Crippen LogP contribution in [0.5, 0.6) is 0 Å². The second kappa shape index (κ2) is 60.4. The highest BCUT2D eigenvalue weighted by molar-refractivity contribution is 5.71. The van der Waals surface area contributed by atoms with Gasteiger partial charge in [-0.05, 0) is 64.2 Å². The first-order valence-electron chi connectivity index (χ1n) is 31.8. The standard InChI is InChI=1S/C65H122O6/c1-4-7-10-13-16-19-22-24-26-28-29-30-31-32-33-34-35-36-37-38-40-41-43-46-49-52-55-58-64(67)70-61-62(60-69-63(66)57-54-51-48-45-21-18-15-12-9-6-3)71-65(68)59-56-53-50-47-44-42-39-27-25-23-20-17-14-11-8-5-2/h12,15,28-29,62H,4-11,13-14,16-27,30-61H2,1-3H3/b15-12-,29-28-.